The fourth-order valence-corrected chi connectivity index (χ4v) is 2.80. The molecule has 0 aliphatic carbocycles. The molecular formula is C19H19F2N3O2. The Morgan fingerprint density at radius 2 is 2.00 bits per heavy atom. The number of benzene rings is 1. The van der Waals surface area contributed by atoms with Crippen LogP contribution < -0.4 is 10.3 Å². The molecule has 136 valence electrons. The van der Waals surface area contributed by atoms with Crippen LogP contribution in [0.15, 0.2) is 41.6 Å². The van der Waals surface area contributed by atoms with Gasteiger partial charge in [-0.15, -0.1) is 0 Å². The molecule has 0 aliphatic heterocycles. The smallest absolute Gasteiger partial charge is 0.258 e. The Labute approximate surface area is 149 Å². The average molecular weight is 359 g/mol. The fourth-order valence-electron chi connectivity index (χ4n) is 2.80. The van der Waals surface area contributed by atoms with E-state index in [-0.39, 0.29) is 23.3 Å². The first-order valence-electron chi connectivity index (χ1n) is 8.36. The van der Waals surface area contributed by atoms with Crippen LogP contribution in [0.2, 0.25) is 0 Å². The van der Waals surface area contributed by atoms with Crippen LogP contribution in [0.5, 0.6) is 5.75 Å². The first-order chi connectivity index (χ1) is 12.5. The van der Waals surface area contributed by atoms with Crippen molar-refractivity contribution in [3.8, 4) is 17.1 Å². The molecule has 3 aromatic rings. The van der Waals surface area contributed by atoms with Crippen LogP contribution in [0.4, 0.5) is 8.78 Å². The van der Waals surface area contributed by atoms with Crippen LogP contribution in [-0.4, -0.2) is 27.8 Å². The Kier molecular flexibility index (Phi) is 5.25. The van der Waals surface area contributed by atoms with E-state index in [4.69, 9.17) is 4.74 Å². The van der Waals surface area contributed by atoms with Crippen molar-refractivity contribution in [2.75, 3.05) is 7.11 Å². The van der Waals surface area contributed by atoms with Crippen molar-refractivity contribution in [3.63, 3.8) is 0 Å². The van der Waals surface area contributed by atoms with Gasteiger partial charge < -0.3 is 9.30 Å². The van der Waals surface area contributed by atoms with Gasteiger partial charge in [0, 0.05) is 6.20 Å². The normalized spacial score (nSPS) is 12.3. The van der Waals surface area contributed by atoms with Crippen LogP contribution >= 0.6 is 0 Å². The molecule has 0 saturated carbocycles. The van der Waals surface area contributed by atoms with E-state index in [1.807, 2.05) is 6.92 Å². The summed E-state index contributed by atoms with van der Waals surface area (Å²) in [6, 6.07) is 4.35. The van der Waals surface area contributed by atoms with Gasteiger partial charge in [-0.1, -0.05) is 13.3 Å². The summed E-state index contributed by atoms with van der Waals surface area (Å²) in [6.07, 6.45) is 4.39. The molecule has 3 rings (SSSR count). The monoisotopic (exact) mass is 359 g/mol. The highest BCUT2D eigenvalue weighted by Crippen LogP contribution is 2.24. The molecule has 0 amide bonds. The van der Waals surface area contributed by atoms with Crippen LogP contribution in [0.1, 0.15) is 19.8 Å². The van der Waals surface area contributed by atoms with Gasteiger partial charge in [0.1, 0.15) is 12.0 Å². The van der Waals surface area contributed by atoms with Gasteiger partial charge in [0.15, 0.2) is 11.6 Å². The number of methoxy groups -OCH3 is 1. The highest BCUT2D eigenvalue weighted by Gasteiger charge is 2.14. The minimum absolute atomic E-state index is 0.0342. The molecule has 0 N–H and O–H groups in total. The largest absolute Gasteiger partial charge is 0.494 e. The number of pyridine rings is 1. The number of alkyl halides is 1. The summed E-state index contributed by atoms with van der Waals surface area (Å²) in [4.78, 5) is 20.7. The first kappa shape index (κ1) is 18.0. The van der Waals surface area contributed by atoms with Crippen molar-refractivity contribution in [1.29, 1.82) is 0 Å². The predicted octanol–water partition coefficient (Wildman–Crippen LogP) is 3.74. The minimum atomic E-state index is -1.10. The molecule has 0 saturated heterocycles. The second-order valence-electron chi connectivity index (χ2n) is 6.03. The molecule has 2 heterocycles. The lowest BCUT2D eigenvalue weighted by Gasteiger charge is -2.11. The summed E-state index contributed by atoms with van der Waals surface area (Å²) >= 11 is 0. The molecule has 2 aromatic heterocycles. The van der Waals surface area contributed by atoms with Crippen molar-refractivity contribution >= 4 is 10.8 Å². The van der Waals surface area contributed by atoms with E-state index in [9.17, 15) is 13.6 Å². The van der Waals surface area contributed by atoms with Gasteiger partial charge in [-0.25, -0.2) is 18.7 Å². The van der Waals surface area contributed by atoms with Crippen molar-refractivity contribution in [2.24, 2.45) is 0 Å². The molecule has 5 nitrogen and oxygen atoms in total. The number of rotatable bonds is 6. The van der Waals surface area contributed by atoms with Gasteiger partial charge >= 0.3 is 0 Å². The van der Waals surface area contributed by atoms with Crippen LogP contribution in [-0.2, 0) is 6.54 Å². The van der Waals surface area contributed by atoms with E-state index in [2.05, 4.69) is 9.97 Å². The summed E-state index contributed by atoms with van der Waals surface area (Å²) in [7, 11) is 1.49. The van der Waals surface area contributed by atoms with Crippen LogP contribution in [0.3, 0.4) is 0 Å². The molecule has 26 heavy (non-hydrogen) atoms. The topological polar surface area (TPSA) is 57.0 Å². The highest BCUT2D eigenvalue weighted by atomic mass is 19.1. The average Bonchev–Trinajstić information content (AvgIpc) is 2.64. The summed E-state index contributed by atoms with van der Waals surface area (Å²) in [5.41, 5.74) is -0.228. The SMILES string of the molecule is CCCC(F)Cn1ccc2cc(-c3ncc(OC)cn3)c(F)cc2c1=O. The van der Waals surface area contributed by atoms with E-state index in [1.54, 1.807) is 6.07 Å². The van der Waals surface area contributed by atoms with Gasteiger partial charge in [0.05, 0.1) is 37.0 Å². The Balaban J connectivity index is 2.02. The van der Waals surface area contributed by atoms with Crippen LogP contribution in [0.25, 0.3) is 22.2 Å². The van der Waals surface area contributed by atoms with Gasteiger partial charge in [-0.2, -0.15) is 0 Å². The highest BCUT2D eigenvalue weighted by molar-refractivity contribution is 5.85. The Hall–Kier alpha value is -2.83. The number of nitrogens with zero attached hydrogens (tertiary/aromatic N) is 3. The Bertz CT molecular complexity index is 971. The summed E-state index contributed by atoms with van der Waals surface area (Å²) < 4.78 is 34.7. The lowest BCUT2D eigenvalue weighted by molar-refractivity contribution is 0.274. The van der Waals surface area contributed by atoms with E-state index in [0.29, 0.717) is 24.0 Å². The molecule has 0 fully saturated rings. The van der Waals surface area contributed by atoms with E-state index < -0.39 is 17.5 Å². The lowest BCUT2D eigenvalue weighted by Crippen LogP contribution is -2.24. The number of halogens is 2. The zero-order chi connectivity index (χ0) is 18.7. The number of fused-ring (bicyclic) bond motifs is 1. The number of hydrogen-bond donors (Lipinski definition) is 0. The number of ether oxygens (including phenoxy) is 1. The predicted molar refractivity (Wildman–Crippen MR) is 95.5 cm³/mol. The van der Waals surface area contributed by atoms with E-state index >= 15 is 0 Å². The summed E-state index contributed by atoms with van der Waals surface area (Å²) in [6.45, 7) is 1.85. The lowest BCUT2D eigenvalue weighted by atomic mass is 10.1. The van der Waals surface area contributed by atoms with E-state index in [1.165, 1.54) is 36.3 Å². The molecule has 1 aromatic carbocycles. The van der Waals surface area contributed by atoms with Gasteiger partial charge in [-0.05, 0) is 30.0 Å². The molecule has 0 spiro atoms. The molecule has 1 unspecified atom stereocenters. The van der Waals surface area contributed by atoms with Gasteiger partial charge in [0.25, 0.3) is 5.56 Å². The Morgan fingerprint density at radius 3 is 2.65 bits per heavy atom. The molecule has 0 bridgehead atoms. The Morgan fingerprint density at radius 1 is 1.27 bits per heavy atom. The number of hydrogen-bond acceptors (Lipinski definition) is 4. The van der Waals surface area contributed by atoms with Gasteiger partial charge in [0.2, 0.25) is 0 Å². The van der Waals surface area contributed by atoms with Crippen molar-refractivity contribution in [2.45, 2.75) is 32.5 Å². The second-order valence-corrected chi connectivity index (χ2v) is 6.03. The van der Waals surface area contributed by atoms with Crippen LogP contribution in [0, 0.1) is 5.82 Å². The zero-order valence-electron chi connectivity index (χ0n) is 14.6. The quantitative estimate of drug-likeness (QED) is 0.673. The summed E-state index contributed by atoms with van der Waals surface area (Å²) in [5.74, 6) is 0.0507. The fraction of sp³-hybridized carbons (Fsp3) is 0.316. The van der Waals surface area contributed by atoms with Crippen molar-refractivity contribution < 1.29 is 13.5 Å². The van der Waals surface area contributed by atoms with Gasteiger partial charge in [-0.3, -0.25) is 4.79 Å². The maximum absolute atomic E-state index is 14.5. The maximum atomic E-state index is 14.5. The first-order valence-corrected chi connectivity index (χ1v) is 8.36. The molecular weight excluding hydrogens is 340 g/mol. The molecule has 7 heteroatoms. The zero-order valence-corrected chi connectivity index (χ0v) is 14.6. The number of aromatic nitrogens is 3. The van der Waals surface area contributed by atoms with Crippen molar-refractivity contribution in [3.05, 3.63) is 53.0 Å². The molecule has 0 aliphatic rings. The molecule has 0 radical (unpaired) electrons. The van der Waals surface area contributed by atoms with E-state index in [0.717, 1.165) is 6.07 Å². The third-order valence-corrected chi connectivity index (χ3v) is 4.17. The summed E-state index contributed by atoms with van der Waals surface area (Å²) in [5, 5.41) is 0.749. The van der Waals surface area contributed by atoms with Crippen molar-refractivity contribution in [1.82, 2.24) is 14.5 Å². The third-order valence-electron chi connectivity index (χ3n) is 4.17. The second kappa shape index (κ2) is 7.59. The molecule has 1 atom stereocenters. The third kappa shape index (κ3) is 3.56. The maximum Gasteiger partial charge on any atom is 0.258 e. The minimum Gasteiger partial charge on any atom is -0.494 e. The standard InChI is InChI=1S/C19H19F2N3O2/c1-3-4-13(20)11-24-6-5-12-7-16(17(21)8-15(12)19(24)25)18-22-9-14(26-2)10-23-18/h5-10,13H,3-4,11H2,1-2H3.